The Balaban J connectivity index is 1.85. The zero-order chi connectivity index (χ0) is 15.0. The molecule has 1 aromatic heterocycles. The predicted molar refractivity (Wildman–Crippen MR) is 74.3 cm³/mol. The largest absolute Gasteiger partial charge is 0.453 e. The van der Waals surface area contributed by atoms with Crippen molar-refractivity contribution in [2.45, 2.75) is 24.7 Å². The molecule has 3 heterocycles. The molecule has 2 N–H and O–H groups in total. The van der Waals surface area contributed by atoms with Crippen LogP contribution in [0, 0.1) is 0 Å². The first-order valence-corrected chi connectivity index (χ1v) is 6.98. The lowest BCUT2D eigenvalue weighted by Crippen LogP contribution is -2.53. The SMILES string of the molecule is O=C1C=C2C(CC(O)(CO)CN2Cc2ccc(Cl)nc2)O1. The number of carbonyl (C=O) groups is 1. The third-order valence-corrected chi connectivity index (χ3v) is 3.95. The van der Waals surface area contributed by atoms with E-state index in [9.17, 15) is 15.0 Å². The van der Waals surface area contributed by atoms with Crippen molar-refractivity contribution in [2.24, 2.45) is 0 Å². The third-order valence-electron chi connectivity index (χ3n) is 3.73. The molecule has 21 heavy (non-hydrogen) atoms. The molecule has 2 unspecified atom stereocenters. The number of β-amino-alcohol motifs (C(OH)–C–C–N with tert-alkyl or cyclic N) is 1. The first-order valence-electron chi connectivity index (χ1n) is 6.60. The first-order chi connectivity index (χ1) is 9.99. The molecule has 2 aliphatic heterocycles. The van der Waals surface area contributed by atoms with Crippen molar-refractivity contribution in [2.75, 3.05) is 13.2 Å². The molecule has 0 saturated carbocycles. The molecule has 1 aromatic rings. The number of nitrogens with zero attached hydrogens (tertiary/aromatic N) is 2. The van der Waals surface area contributed by atoms with Crippen molar-refractivity contribution in [3.63, 3.8) is 0 Å². The van der Waals surface area contributed by atoms with Crippen molar-refractivity contribution < 1.29 is 19.7 Å². The number of rotatable bonds is 3. The van der Waals surface area contributed by atoms with Crippen LogP contribution in [0.1, 0.15) is 12.0 Å². The zero-order valence-corrected chi connectivity index (χ0v) is 12.0. The van der Waals surface area contributed by atoms with E-state index in [0.29, 0.717) is 11.7 Å². The molecule has 0 radical (unpaired) electrons. The van der Waals surface area contributed by atoms with Crippen LogP contribution in [0.5, 0.6) is 0 Å². The number of aromatic nitrogens is 1. The number of hydrogen-bond donors (Lipinski definition) is 2. The summed E-state index contributed by atoms with van der Waals surface area (Å²) in [5.74, 6) is -0.420. The monoisotopic (exact) mass is 310 g/mol. The van der Waals surface area contributed by atoms with Crippen LogP contribution < -0.4 is 0 Å². The molecule has 6 nitrogen and oxygen atoms in total. The Morgan fingerprint density at radius 1 is 1.52 bits per heavy atom. The van der Waals surface area contributed by atoms with E-state index in [1.807, 2.05) is 11.0 Å². The van der Waals surface area contributed by atoms with Crippen LogP contribution in [-0.2, 0) is 16.1 Å². The van der Waals surface area contributed by atoms with Crippen LogP contribution in [0.25, 0.3) is 0 Å². The Morgan fingerprint density at radius 2 is 2.33 bits per heavy atom. The van der Waals surface area contributed by atoms with Gasteiger partial charge in [0.15, 0.2) is 0 Å². The van der Waals surface area contributed by atoms with Crippen LogP contribution in [0.3, 0.4) is 0 Å². The highest BCUT2D eigenvalue weighted by Crippen LogP contribution is 2.34. The van der Waals surface area contributed by atoms with E-state index in [-0.39, 0.29) is 19.6 Å². The first kappa shape index (κ1) is 14.3. The highest BCUT2D eigenvalue weighted by molar-refractivity contribution is 6.29. The lowest BCUT2D eigenvalue weighted by molar-refractivity contribution is -0.146. The number of hydrogen-bond acceptors (Lipinski definition) is 6. The molecule has 0 spiro atoms. The van der Waals surface area contributed by atoms with Crippen molar-refractivity contribution in [3.05, 3.63) is 40.8 Å². The van der Waals surface area contributed by atoms with Gasteiger partial charge in [0.1, 0.15) is 16.9 Å². The maximum atomic E-state index is 11.5. The molecule has 0 aromatic carbocycles. The number of carbonyl (C=O) groups excluding carboxylic acids is 1. The predicted octanol–water partition coefficient (Wildman–Crippen LogP) is 0.473. The number of likely N-dealkylation sites (tertiary alicyclic amines) is 1. The summed E-state index contributed by atoms with van der Waals surface area (Å²) in [6.45, 7) is 0.292. The normalized spacial score (nSPS) is 28.1. The van der Waals surface area contributed by atoms with Crippen LogP contribution in [-0.4, -0.2) is 50.9 Å². The second kappa shape index (κ2) is 5.29. The van der Waals surface area contributed by atoms with E-state index in [0.717, 1.165) is 11.3 Å². The summed E-state index contributed by atoms with van der Waals surface area (Å²) < 4.78 is 5.17. The second-order valence-corrected chi connectivity index (χ2v) is 5.81. The maximum Gasteiger partial charge on any atom is 0.333 e. The van der Waals surface area contributed by atoms with Gasteiger partial charge in [-0.1, -0.05) is 17.7 Å². The molecule has 2 atom stereocenters. The second-order valence-electron chi connectivity index (χ2n) is 5.43. The maximum absolute atomic E-state index is 11.5. The van der Waals surface area contributed by atoms with Crippen molar-refractivity contribution in [3.8, 4) is 0 Å². The van der Waals surface area contributed by atoms with Gasteiger partial charge in [0, 0.05) is 31.8 Å². The fourth-order valence-electron chi connectivity index (χ4n) is 2.73. The Morgan fingerprint density at radius 3 is 3.00 bits per heavy atom. The van der Waals surface area contributed by atoms with Crippen LogP contribution in [0.4, 0.5) is 0 Å². The number of piperidine rings is 1. The summed E-state index contributed by atoms with van der Waals surface area (Å²) >= 11 is 5.76. The number of pyridine rings is 1. The van der Waals surface area contributed by atoms with E-state index in [4.69, 9.17) is 16.3 Å². The molecule has 1 saturated heterocycles. The lowest BCUT2D eigenvalue weighted by Gasteiger charge is -2.42. The number of aliphatic hydroxyl groups is 2. The summed E-state index contributed by atoms with van der Waals surface area (Å²) in [6.07, 6.45) is 2.77. The van der Waals surface area contributed by atoms with E-state index in [1.54, 1.807) is 12.3 Å². The fourth-order valence-corrected chi connectivity index (χ4v) is 2.84. The number of aliphatic hydroxyl groups excluding tert-OH is 1. The van der Waals surface area contributed by atoms with E-state index in [2.05, 4.69) is 4.98 Å². The minimum atomic E-state index is -1.29. The van der Waals surface area contributed by atoms with Gasteiger partial charge in [0.05, 0.1) is 12.3 Å². The van der Waals surface area contributed by atoms with Crippen LogP contribution in [0.2, 0.25) is 5.15 Å². The minimum Gasteiger partial charge on any atom is -0.453 e. The van der Waals surface area contributed by atoms with Gasteiger partial charge in [-0.2, -0.15) is 0 Å². The Hall–Kier alpha value is -1.63. The quantitative estimate of drug-likeness (QED) is 0.624. The van der Waals surface area contributed by atoms with E-state index in [1.165, 1.54) is 6.08 Å². The van der Waals surface area contributed by atoms with Crippen LogP contribution in [0.15, 0.2) is 30.1 Å². The Labute approximate surface area is 126 Å². The average Bonchev–Trinajstić information content (AvgIpc) is 2.81. The molecule has 1 fully saturated rings. The highest BCUT2D eigenvalue weighted by Gasteiger charge is 2.44. The van der Waals surface area contributed by atoms with Gasteiger partial charge in [0.25, 0.3) is 0 Å². The standard InChI is InChI=1S/C14H15ClN2O4/c15-12-2-1-9(5-16-12)6-17-7-14(20,8-18)4-11-10(17)3-13(19)21-11/h1-3,5,11,18,20H,4,6-8H2. The Kier molecular flexibility index (Phi) is 3.61. The van der Waals surface area contributed by atoms with E-state index >= 15 is 0 Å². The number of ether oxygens (including phenoxy) is 1. The smallest absolute Gasteiger partial charge is 0.333 e. The minimum absolute atomic E-state index is 0.205. The summed E-state index contributed by atoms with van der Waals surface area (Å²) in [4.78, 5) is 17.3. The van der Waals surface area contributed by atoms with Crippen molar-refractivity contribution >= 4 is 17.6 Å². The number of fused-ring (bicyclic) bond motifs is 1. The summed E-state index contributed by atoms with van der Waals surface area (Å²) in [5, 5.41) is 20.2. The third kappa shape index (κ3) is 2.88. The fraction of sp³-hybridized carbons (Fsp3) is 0.429. The summed E-state index contributed by atoms with van der Waals surface area (Å²) in [5.41, 5.74) is 0.334. The molecule has 0 bridgehead atoms. The van der Waals surface area contributed by atoms with Crippen LogP contribution >= 0.6 is 11.6 Å². The number of halogens is 1. The number of esters is 1. The molecule has 0 amide bonds. The highest BCUT2D eigenvalue weighted by atomic mass is 35.5. The molecule has 112 valence electrons. The zero-order valence-electron chi connectivity index (χ0n) is 11.2. The lowest BCUT2D eigenvalue weighted by atomic mass is 9.89. The van der Waals surface area contributed by atoms with Crippen molar-refractivity contribution in [1.29, 1.82) is 0 Å². The molecular weight excluding hydrogens is 296 g/mol. The molecule has 3 rings (SSSR count). The molecule has 7 heteroatoms. The van der Waals surface area contributed by atoms with Gasteiger partial charge in [-0.3, -0.25) is 0 Å². The van der Waals surface area contributed by atoms with Crippen molar-refractivity contribution in [1.82, 2.24) is 9.88 Å². The van der Waals surface area contributed by atoms with Gasteiger partial charge in [-0.15, -0.1) is 0 Å². The summed E-state index contributed by atoms with van der Waals surface area (Å²) in [6, 6.07) is 3.51. The van der Waals surface area contributed by atoms with E-state index < -0.39 is 17.7 Å². The molecular formula is C14H15ClN2O4. The van der Waals surface area contributed by atoms with Gasteiger partial charge in [-0.05, 0) is 11.6 Å². The Bertz CT molecular complexity index is 589. The van der Waals surface area contributed by atoms with Gasteiger partial charge in [-0.25, -0.2) is 9.78 Å². The summed E-state index contributed by atoms with van der Waals surface area (Å²) in [7, 11) is 0. The molecule has 2 aliphatic rings. The van der Waals surface area contributed by atoms with Gasteiger partial charge < -0.3 is 19.8 Å². The van der Waals surface area contributed by atoms with Gasteiger partial charge >= 0.3 is 5.97 Å². The van der Waals surface area contributed by atoms with Gasteiger partial charge in [0.2, 0.25) is 0 Å². The average molecular weight is 311 g/mol. The molecule has 0 aliphatic carbocycles. The topological polar surface area (TPSA) is 82.9 Å².